The number of amides is 1. The van der Waals surface area contributed by atoms with Crippen molar-refractivity contribution in [2.24, 2.45) is 0 Å². The van der Waals surface area contributed by atoms with Crippen molar-refractivity contribution in [3.05, 3.63) is 66.1 Å². The minimum absolute atomic E-state index is 0.252. The van der Waals surface area contributed by atoms with Crippen molar-refractivity contribution in [3.8, 4) is 17.2 Å². The first kappa shape index (κ1) is 16.8. The molecule has 3 heterocycles. The summed E-state index contributed by atoms with van der Waals surface area (Å²) in [6.07, 6.45) is 1.55. The Labute approximate surface area is 154 Å². The standard InChI is InChI=1S/C20H17N3O4/c1-13-18-15(19(24)21-9-11-25-14-6-3-2-4-7-14)12-16(17-8-5-10-26-17)22-20(18)27-23-13/h2-8,10,12H,9,11H2,1H3,(H,21,24). The summed E-state index contributed by atoms with van der Waals surface area (Å²) in [7, 11) is 0. The molecule has 0 radical (unpaired) electrons. The Morgan fingerprint density at radius 1 is 1.19 bits per heavy atom. The fourth-order valence-corrected chi connectivity index (χ4v) is 2.77. The van der Waals surface area contributed by atoms with Crippen LogP contribution in [0, 0.1) is 6.92 Å². The van der Waals surface area contributed by atoms with Gasteiger partial charge in [0.1, 0.15) is 18.1 Å². The van der Waals surface area contributed by atoms with Gasteiger partial charge in [-0.15, -0.1) is 0 Å². The maximum Gasteiger partial charge on any atom is 0.259 e. The largest absolute Gasteiger partial charge is 0.492 e. The van der Waals surface area contributed by atoms with Crippen molar-refractivity contribution in [1.82, 2.24) is 15.5 Å². The van der Waals surface area contributed by atoms with Gasteiger partial charge in [0.25, 0.3) is 11.6 Å². The van der Waals surface area contributed by atoms with Gasteiger partial charge in [-0.05, 0) is 37.3 Å². The average Bonchev–Trinajstić information content (AvgIpc) is 3.36. The van der Waals surface area contributed by atoms with Crippen LogP contribution in [0.3, 0.4) is 0 Å². The molecule has 4 rings (SSSR count). The predicted octanol–water partition coefficient (Wildman–Crippen LogP) is 3.60. The summed E-state index contributed by atoms with van der Waals surface area (Å²) in [5.74, 6) is 1.05. The van der Waals surface area contributed by atoms with Gasteiger partial charge in [-0.25, -0.2) is 4.98 Å². The summed E-state index contributed by atoms with van der Waals surface area (Å²) >= 11 is 0. The van der Waals surface area contributed by atoms with Crippen LogP contribution in [0.25, 0.3) is 22.6 Å². The van der Waals surface area contributed by atoms with Crippen LogP contribution in [0.15, 0.2) is 63.7 Å². The van der Waals surface area contributed by atoms with Crippen molar-refractivity contribution in [2.45, 2.75) is 6.92 Å². The number of furan rings is 1. The van der Waals surface area contributed by atoms with Crippen LogP contribution < -0.4 is 10.1 Å². The third-order valence-electron chi connectivity index (χ3n) is 4.03. The van der Waals surface area contributed by atoms with E-state index in [4.69, 9.17) is 13.7 Å². The molecule has 7 nitrogen and oxygen atoms in total. The lowest BCUT2D eigenvalue weighted by atomic mass is 10.1. The van der Waals surface area contributed by atoms with Gasteiger partial charge in [0.15, 0.2) is 5.76 Å². The molecule has 0 aliphatic carbocycles. The number of nitrogens with zero attached hydrogens (tertiary/aromatic N) is 2. The van der Waals surface area contributed by atoms with Crippen molar-refractivity contribution in [1.29, 1.82) is 0 Å². The summed E-state index contributed by atoms with van der Waals surface area (Å²) in [4.78, 5) is 17.1. The molecule has 136 valence electrons. The molecule has 1 N–H and O–H groups in total. The number of aromatic nitrogens is 2. The third-order valence-corrected chi connectivity index (χ3v) is 4.03. The van der Waals surface area contributed by atoms with E-state index >= 15 is 0 Å². The van der Waals surface area contributed by atoms with Crippen LogP contribution in [0.2, 0.25) is 0 Å². The molecule has 1 amide bonds. The number of para-hydroxylation sites is 1. The number of ether oxygens (including phenoxy) is 1. The number of aryl methyl sites for hydroxylation is 1. The van der Waals surface area contributed by atoms with Gasteiger partial charge in [0.2, 0.25) is 0 Å². The number of nitrogens with one attached hydrogen (secondary N) is 1. The van der Waals surface area contributed by atoms with E-state index < -0.39 is 0 Å². The quantitative estimate of drug-likeness (QED) is 0.526. The van der Waals surface area contributed by atoms with Gasteiger partial charge >= 0.3 is 0 Å². The summed E-state index contributed by atoms with van der Waals surface area (Å²) < 4.78 is 16.2. The highest BCUT2D eigenvalue weighted by molar-refractivity contribution is 6.06. The van der Waals surface area contributed by atoms with E-state index in [1.807, 2.05) is 30.3 Å². The van der Waals surface area contributed by atoms with E-state index in [0.717, 1.165) is 5.75 Å². The second-order valence-electron chi connectivity index (χ2n) is 5.90. The molecule has 3 aromatic heterocycles. The number of fused-ring (bicyclic) bond motifs is 1. The van der Waals surface area contributed by atoms with Crippen molar-refractivity contribution < 1.29 is 18.5 Å². The number of hydrogen-bond acceptors (Lipinski definition) is 6. The monoisotopic (exact) mass is 363 g/mol. The minimum Gasteiger partial charge on any atom is -0.492 e. The zero-order valence-corrected chi connectivity index (χ0v) is 14.6. The molecule has 0 saturated heterocycles. The molecule has 1 aromatic carbocycles. The SMILES string of the molecule is Cc1noc2nc(-c3ccco3)cc(C(=O)NCCOc3ccccc3)c12. The molecule has 0 bridgehead atoms. The first-order valence-corrected chi connectivity index (χ1v) is 8.49. The molecule has 0 saturated carbocycles. The maximum absolute atomic E-state index is 12.7. The van der Waals surface area contributed by atoms with Gasteiger partial charge < -0.3 is 19.0 Å². The normalized spacial score (nSPS) is 10.9. The fourth-order valence-electron chi connectivity index (χ4n) is 2.77. The van der Waals surface area contributed by atoms with Crippen LogP contribution >= 0.6 is 0 Å². The van der Waals surface area contributed by atoms with Gasteiger partial charge in [0, 0.05) is 0 Å². The highest BCUT2D eigenvalue weighted by Crippen LogP contribution is 2.27. The lowest BCUT2D eigenvalue weighted by Gasteiger charge is -2.09. The van der Waals surface area contributed by atoms with Gasteiger partial charge in [-0.3, -0.25) is 4.79 Å². The Bertz CT molecular complexity index is 1060. The van der Waals surface area contributed by atoms with E-state index in [-0.39, 0.29) is 5.91 Å². The number of pyridine rings is 1. The van der Waals surface area contributed by atoms with E-state index in [0.29, 0.717) is 47.0 Å². The van der Waals surface area contributed by atoms with Crippen LogP contribution in [0.5, 0.6) is 5.75 Å². The van der Waals surface area contributed by atoms with Gasteiger partial charge in [-0.1, -0.05) is 23.4 Å². The Morgan fingerprint density at radius 2 is 2.04 bits per heavy atom. The Hall–Kier alpha value is -3.61. The summed E-state index contributed by atoms with van der Waals surface area (Å²) in [6, 6.07) is 14.6. The Balaban J connectivity index is 1.53. The second-order valence-corrected chi connectivity index (χ2v) is 5.90. The summed E-state index contributed by atoms with van der Waals surface area (Å²) in [5.41, 5.74) is 1.85. The van der Waals surface area contributed by atoms with Crippen LogP contribution in [-0.2, 0) is 0 Å². The van der Waals surface area contributed by atoms with E-state index in [2.05, 4.69) is 15.5 Å². The molecule has 0 aliphatic rings. The molecular weight excluding hydrogens is 346 g/mol. The zero-order chi connectivity index (χ0) is 18.6. The van der Waals surface area contributed by atoms with Crippen molar-refractivity contribution >= 4 is 17.0 Å². The number of carbonyl (C=O) groups excluding carboxylic acids is 1. The molecule has 0 unspecified atom stereocenters. The molecule has 0 aliphatic heterocycles. The number of hydrogen-bond donors (Lipinski definition) is 1. The number of benzene rings is 1. The molecule has 0 fully saturated rings. The smallest absolute Gasteiger partial charge is 0.259 e. The lowest BCUT2D eigenvalue weighted by Crippen LogP contribution is -2.28. The molecule has 0 atom stereocenters. The highest BCUT2D eigenvalue weighted by Gasteiger charge is 2.19. The Kier molecular flexibility index (Phi) is 4.57. The van der Waals surface area contributed by atoms with Crippen molar-refractivity contribution in [3.63, 3.8) is 0 Å². The molecule has 0 spiro atoms. The average molecular weight is 363 g/mol. The fraction of sp³-hybridized carbons (Fsp3) is 0.150. The second kappa shape index (κ2) is 7.33. The minimum atomic E-state index is -0.252. The first-order chi connectivity index (χ1) is 13.2. The number of rotatable bonds is 6. The van der Waals surface area contributed by atoms with Crippen LogP contribution in [0.1, 0.15) is 16.1 Å². The summed E-state index contributed by atoms with van der Waals surface area (Å²) in [6.45, 7) is 2.49. The van der Waals surface area contributed by atoms with Gasteiger partial charge in [-0.2, -0.15) is 0 Å². The molecule has 7 heteroatoms. The number of carbonyl (C=O) groups is 1. The molecule has 4 aromatic rings. The van der Waals surface area contributed by atoms with E-state index in [9.17, 15) is 4.79 Å². The van der Waals surface area contributed by atoms with Crippen molar-refractivity contribution in [2.75, 3.05) is 13.2 Å². The summed E-state index contributed by atoms with van der Waals surface area (Å²) in [5, 5.41) is 7.37. The first-order valence-electron chi connectivity index (χ1n) is 8.49. The highest BCUT2D eigenvalue weighted by atomic mass is 16.5. The Morgan fingerprint density at radius 3 is 2.81 bits per heavy atom. The topological polar surface area (TPSA) is 90.4 Å². The van der Waals surface area contributed by atoms with E-state index in [1.165, 1.54) is 0 Å². The maximum atomic E-state index is 12.7. The lowest BCUT2D eigenvalue weighted by molar-refractivity contribution is 0.0948. The zero-order valence-electron chi connectivity index (χ0n) is 14.6. The van der Waals surface area contributed by atoms with Crippen LogP contribution in [-0.4, -0.2) is 29.2 Å². The van der Waals surface area contributed by atoms with Gasteiger partial charge in [0.05, 0.1) is 29.5 Å². The molecular formula is C20H17N3O4. The predicted molar refractivity (Wildman–Crippen MR) is 98.5 cm³/mol. The molecule has 27 heavy (non-hydrogen) atoms. The third kappa shape index (κ3) is 3.52. The van der Waals surface area contributed by atoms with Crippen LogP contribution in [0.4, 0.5) is 0 Å². The van der Waals surface area contributed by atoms with E-state index in [1.54, 1.807) is 31.4 Å².